The second-order valence-electron chi connectivity index (χ2n) is 5.29. The first kappa shape index (κ1) is 19.2. The molecule has 0 spiro atoms. The van der Waals surface area contributed by atoms with Crippen molar-refractivity contribution in [1.82, 2.24) is 5.43 Å². The second kappa shape index (κ2) is 7.58. The molecule has 0 heterocycles. The average molecular weight is 448 g/mol. The number of carbonyl (C=O) groups excluding carboxylic acids is 1. The number of fused-ring (bicyclic) bond motifs is 3. The van der Waals surface area contributed by atoms with Crippen LogP contribution < -0.4 is 16.5 Å². The van der Waals surface area contributed by atoms with Gasteiger partial charge in [0.15, 0.2) is 9.95 Å². The van der Waals surface area contributed by atoms with Gasteiger partial charge in [0, 0.05) is 26.7 Å². The number of alkyl halides is 2. The highest BCUT2D eigenvalue weighted by molar-refractivity contribution is 7.80. The molecule has 10 heteroatoms. The van der Waals surface area contributed by atoms with E-state index in [1.807, 2.05) is 6.07 Å². The number of thiocarbonyl (C=S) groups is 1. The molecule has 2 aromatic rings. The van der Waals surface area contributed by atoms with E-state index in [4.69, 9.17) is 64.4 Å². The first-order chi connectivity index (χ1) is 12.3. The minimum absolute atomic E-state index is 0.0113. The highest BCUT2D eigenvalue weighted by atomic mass is 35.5. The van der Waals surface area contributed by atoms with E-state index < -0.39 is 10.7 Å². The van der Waals surface area contributed by atoms with Gasteiger partial charge < -0.3 is 11.1 Å². The number of hydrogen-bond donors (Lipinski definition) is 3. The number of nitrogens with two attached hydrogens (primary N) is 1. The lowest BCUT2D eigenvalue weighted by molar-refractivity contribution is -0.114. The zero-order valence-corrected chi connectivity index (χ0v) is 16.7. The van der Waals surface area contributed by atoms with Crippen LogP contribution in [0.2, 0.25) is 10.0 Å². The van der Waals surface area contributed by atoms with E-state index in [-0.39, 0.29) is 5.11 Å². The summed E-state index contributed by atoms with van der Waals surface area (Å²) in [5.41, 5.74) is 12.0. The van der Waals surface area contributed by atoms with E-state index >= 15 is 0 Å². The molecule has 2 aromatic carbocycles. The second-order valence-corrected chi connectivity index (χ2v) is 7.70. The van der Waals surface area contributed by atoms with Gasteiger partial charge in [0.05, 0.1) is 11.4 Å². The monoisotopic (exact) mass is 446 g/mol. The number of carbonyl (C=O) groups is 1. The minimum Gasteiger partial charge on any atom is -0.375 e. The Morgan fingerprint density at radius 1 is 1.08 bits per heavy atom. The van der Waals surface area contributed by atoms with Gasteiger partial charge in [0.25, 0.3) is 5.91 Å². The lowest BCUT2D eigenvalue weighted by atomic mass is 10.0. The van der Waals surface area contributed by atoms with Crippen LogP contribution in [0, 0.1) is 0 Å². The fourth-order valence-corrected chi connectivity index (χ4v) is 3.22. The molecular weight excluding hydrogens is 438 g/mol. The Morgan fingerprint density at radius 2 is 1.77 bits per heavy atom. The van der Waals surface area contributed by atoms with E-state index in [9.17, 15) is 4.79 Å². The van der Waals surface area contributed by atoms with Crippen molar-refractivity contribution in [2.75, 3.05) is 5.32 Å². The van der Waals surface area contributed by atoms with Crippen molar-refractivity contribution in [2.24, 2.45) is 10.8 Å². The average Bonchev–Trinajstić information content (AvgIpc) is 2.85. The summed E-state index contributed by atoms with van der Waals surface area (Å²) in [6, 6.07) is 8.64. The number of amides is 1. The molecule has 0 aromatic heterocycles. The number of nitrogens with zero attached hydrogens (tertiary/aromatic N) is 1. The summed E-state index contributed by atoms with van der Waals surface area (Å²) in [5, 5.41) is 7.87. The van der Waals surface area contributed by atoms with Crippen LogP contribution >= 0.6 is 58.6 Å². The third-order valence-electron chi connectivity index (χ3n) is 3.60. The van der Waals surface area contributed by atoms with Gasteiger partial charge in [-0.25, -0.2) is 0 Å². The summed E-state index contributed by atoms with van der Waals surface area (Å²) in [6.07, 6.45) is 0. The molecule has 26 heavy (non-hydrogen) atoms. The smallest absolute Gasteiger partial charge is 0.257 e. The van der Waals surface area contributed by atoms with E-state index in [1.165, 1.54) is 0 Å². The molecule has 0 unspecified atom stereocenters. The Bertz CT molecular complexity index is 962. The van der Waals surface area contributed by atoms with E-state index in [0.29, 0.717) is 32.6 Å². The Kier molecular flexibility index (Phi) is 5.60. The Hall–Kier alpha value is -1.57. The molecule has 134 valence electrons. The van der Waals surface area contributed by atoms with Crippen LogP contribution in [0.25, 0.3) is 11.1 Å². The fourth-order valence-electron chi connectivity index (χ4n) is 2.68. The highest BCUT2D eigenvalue weighted by Crippen LogP contribution is 2.44. The number of anilines is 1. The summed E-state index contributed by atoms with van der Waals surface area (Å²) in [5.74, 6) is -0.569. The largest absolute Gasteiger partial charge is 0.375 e. The van der Waals surface area contributed by atoms with Crippen LogP contribution in [0.1, 0.15) is 11.1 Å². The molecule has 1 aliphatic carbocycles. The van der Waals surface area contributed by atoms with Gasteiger partial charge in [-0.2, -0.15) is 5.10 Å². The van der Waals surface area contributed by atoms with Gasteiger partial charge in [-0.15, -0.1) is 0 Å². The lowest BCUT2D eigenvalue weighted by Crippen LogP contribution is -2.25. The number of benzene rings is 2. The third kappa shape index (κ3) is 3.75. The summed E-state index contributed by atoms with van der Waals surface area (Å²) >= 11 is 28.5. The molecule has 0 saturated carbocycles. The maximum Gasteiger partial charge on any atom is 0.257 e. The molecule has 5 nitrogen and oxygen atoms in total. The lowest BCUT2D eigenvalue weighted by Gasteiger charge is -2.12. The predicted molar refractivity (Wildman–Crippen MR) is 112 cm³/mol. The minimum atomic E-state index is -1.22. The van der Waals surface area contributed by atoms with Crippen molar-refractivity contribution >= 4 is 81.0 Å². The number of hydrazone groups is 1. The quantitative estimate of drug-likeness (QED) is 0.317. The Morgan fingerprint density at radius 3 is 2.42 bits per heavy atom. The zero-order valence-electron chi connectivity index (χ0n) is 12.8. The van der Waals surface area contributed by atoms with Crippen molar-refractivity contribution in [1.29, 1.82) is 0 Å². The van der Waals surface area contributed by atoms with Gasteiger partial charge in [-0.1, -0.05) is 52.5 Å². The SMILES string of the molecule is NC(=S)N/N=C1/c2cc(Cl)ccc2-c2c(NC(=O)C(Cl)Cl)cc(Cl)cc21. The highest BCUT2D eigenvalue weighted by Gasteiger charge is 2.29. The first-order valence-corrected chi connectivity index (χ1v) is 9.18. The van der Waals surface area contributed by atoms with Crippen LogP contribution in [-0.2, 0) is 4.79 Å². The van der Waals surface area contributed by atoms with Crippen molar-refractivity contribution < 1.29 is 4.79 Å². The first-order valence-electron chi connectivity index (χ1n) is 7.14. The molecule has 0 atom stereocenters. The van der Waals surface area contributed by atoms with Crippen LogP contribution in [-0.4, -0.2) is 21.6 Å². The van der Waals surface area contributed by atoms with Gasteiger partial charge >= 0.3 is 0 Å². The summed E-state index contributed by atoms with van der Waals surface area (Å²) in [7, 11) is 0. The molecule has 0 aliphatic heterocycles. The predicted octanol–water partition coefficient (Wildman–Crippen LogP) is 4.30. The molecule has 0 radical (unpaired) electrons. The maximum atomic E-state index is 12.0. The maximum absolute atomic E-state index is 12.0. The van der Waals surface area contributed by atoms with Crippen LogP contribution in [0.4, 0.5) is 5.69 Å². The number of hydrogen-bond acceptors (Lipinski definition) is 3. The van der Waals surface area contributed by atoms with Gasteiger partial charge in [-0.05, 0) is 42.0 Å². The van der Waals surface area contributed by atoms with E-state index in [2.05, 4.69) is 15.8 Å². The van der Waals surface area contributed by atoms with E-state index in [1.54, 1.807) is 24.3 Å². The summed E-state index contributed by atoms with van der Waals surface area (Å²) in [4.78, 5) is 10.7. The van der Waals surface area contributed by atoms with Gasteiger partial charge in [0.2, 0.25) is 0 Å². The molecule has 0 saturated heterocycles. The molecular formula is C16H10Cl4N4OS. The van der Waals surface area contributed by atoms with Crippen LogP contribution in [0.15, 0.2) is 35.4 Å². The fraction of sp³-hybridized carbons (Fsp3) is 0.0625. The van der Waals surface area contributed by atoms with Crippen molar-refractivity contribution in [2.45, 2.75) is 4.84 Å². The topological polar surface area (TPSA) is 79.5 Å². The standard InChI is InChI=1S/C16H10Cl4N4OS/c17-6-1-2-8-9(3-6)13(23-24-16(21)26)10-4-7(18)5-11(12(8)10)22-15(25)14(19)20/h1-5,14H,(H,22,25)(H3,21,24,26)/b23-13-. The Balaban J connectivity index is 2.23. The van der Waals surface area contributed by atoms with Crippen LogP contribution in [0.3, 0.4) is 0 Å². The van der Waals surface area contributed by atoms with E-state index in [0.717, 1.165) is 11.1 Å². The number of halogens is 4. The summed E-state index contributed by atoms with van der Waals surface area (Å²) in [6.45, 7) is 0. The molecule has 1 amide bonds. The van der Waals surface area contributed by atoms with Gasteiger partial charge in [-0.3, -0.25) is 10.2 Å². The molecule has 0 bridgehead atoms. The number of nitrogens with one attached hydrogen (secondary N) is 2. The molecule has 4 N–H and O–H groups in total. The normalized spacial score (nSPS) is 13.5. The van der Waals surface area contributed by atoms with Gasteiger partial charge in [0.1, 0.15) is 0 Å². The Labute approximate surface area is 174 Å². The third-order valence-corrected chi connectivity index (χ3v) is 4.54. The molecule has 3 rings (SSSR count). The van der Waals surface area contributed by atoms with Crippen molar-refractivity contribution in [3.63, 3.8) is 0 Å². The molecule has 0 fully saturated rings. The molecule has 1 aliphatic rings. The summed E-state index contributed by atoms with van der Waals surface area (Å²) < 4.78 is 0. The van der Waals surface area contributed by atoms with Crippen LogP contribution in [0.5, 0.6) is 0 Å². The zero-order chi connectivity index (χ0) is 19.0. The van der Waals surface area contributed by atoms with Crippen molar-refractivity contribution in [3.05, 3.63) is 51.5 Å². The van der Waals surface area contributed by atoms with Crippen molar-refractivity contribution in [3.8, 4) is 11.1 Å². The number of rotatable bonds is 3.